The molecule has 2 nitrogen and oxygen atoms in total. The van der Waals surface area contributed by atoms with Crippen molar-refractivity contribution >= 4 is 22.9 Å². The Morgan fingerprint density at radius 3 is 2.52 bits per heavy atom. The molecule has 21 heavy (non-hydrogen) atoms. The highest BCUT2D eigenvalue weighted by Gasteiger charge is 2.27. The fourth-order valence-corrected chi connectivity index (χ4v) is 3.09. The van der Waals surface area contributed by atoms with Crippen LogP contribution in [0, 0.1) is 0 Å². The van der Waals surface area contributed by atoms with Crippen LogP contribution >= 0.6 is 12.2 Å². The lowest BCUT2D eigenvalue weighted by atomic mass is 9.77. The van der Waals surface area contributed by atoms with Crippen molar-refractivity contribution in [3.63, 3.8) is 0 Å². The van der Waals surface area contributed by atoms with E-state index in [1.807, 2.05) is 6.07 Å². The van der Waals surface area contributed by atoms with E-state index in [0.717, 1.165) is 19.5 Å². The van der Waals surface area contributed by atoms with E-state index in [1.54, 1.807) is 0 Å². The molecule has 0 aromatic heterocycles. The maximum absolute atomic E-state index is 5.68. The van der Waals surface area contributed by atoms with Gasteiger partial charge in [-0.15, -0.1) is 0 Å². The van der Waals surface area contributed by atoms with E-state index >= 15 is 0 Å². The van der Waals surface area contributed by atoms with Crippen LogP contribution in [0.2, 0.25) is 0 Å². The topological polar surface area (TPSA) is 29.3 Å². The lowest BCUT2D eigenvalue weighted by Gasteiger charge is -2.36. The summed E-state index contributed by atoms with van der Waals surface area (Å²) < 4.78 is 0. The molecule has 0 spiro atoms. The van der Waals surface area contributed by atoms with Crippen LogP contribution in [-0.4, -0.2) is 18.1 Å². The summed E-state index contributed by atoms with van der Waals surface area (Å²) in [6, 6.07) is 19.3. The average Bonchev–Trinajstić information content (AvgIpc) is 2.48. The molecule has 0 saturated carbocycles. The van der Waals surface area contributed by atoms with Crippen LogP contribution in [0.1, 0.15) is 23.5 Å². The predicted octanol–water partition coefficient (Wildman–Crippen LogP) is 3.51. The van der Waals surface area contributed by atoms with E-state index in [4.69, 9.17) is 18.0 Å². The van der Waals surface area contributed by atoms with Gasteiger partial charge in [0.2, 0.25) is 0 Å². The fourth-order valence-electron chi connectivity index (χ4n) is 3.00. The zero-order valence-electron chi connectivity index (χ0n) is 12.0. The summed E-state index contributed by atoms with van der Waals surface area (Å²) in [5.74, 6) is 0.618. The molecule has 3 rings (SSSR count). The van der Waals surface area contributed by atoms with Crippen molar-refractivity contribution in [2.24, 2.45) is 5.73 Å². The molecule has 0 bridgehead atoms. The van der Waals surface area contributed by atoms with Crippen LogP contribution in [-0.2, 0) is 6.42 Å². The summed E-state index contributed by atoms with van der Waals surface area (Å²) in [7, 11) is 0. The number of fused-ring (bicyclic) bond motifs is 1. The van der Waals surface area contributed by atoms with Crippen molar-refractivity contribution in [3.8, 4) is 0 Å². The smallest absolute Gasteiger partial charge is 0.0745 e. The average molecular weight is 296 g/mol. The number of thiocarbonyl (C=S) groups is 1. The van der Waals surface area contributed by atoms with Gasteiger partial charge >= 0.3 is 0 Å². The number of rotatable bonds is 6. The standard InChI is InChI=1S/C18H20N2S/c19-18(21)10-11-20(16-7-2-1-3-8-16)13-15-12-14-6-4-5-9-17(14)15/h1-9,15H,10-13H2,(H2,19,21). The molecular weight excluding hydrogens is 276 g/mol. The summed E-state index contributed by atoms with van der Waals surface area (Å²) in [4.78, 5) is 2.99. The molecule has 1 unspecified atom stereocenters. The minimum atomic E-state index is 0.588. The zero-order chi connectivity index (χ0) is 14.7. The zero-order valence-corrected chi connectivity index (χ0v) is 12.9. The number of anilines is 1. The highest BCUT2D eigenvalue weighted by atomic mass is 32.1. The van der Waals surface area contributed by atoms with Crippen LogP contribution in [0.5, 0.6) is 0 Å². The van der Waals surface area contributed by atoms with Crippen molar-refractivity contribution in [1.82, 2.24) is 0 Å². The molecule has 2 aromatic carbocycles. The van der Waals surface area contributed by atoms with E-state index in [1.165, 1.54) is 23.2 Å². The maximum atomic E-state index is 5.68. The van der Waals surface area contributed by atoms with Crippen molar-refractivity contribution in [3.05, 3.63) is 65.7 Å². The number of benzene rings is 2. The highest BCUT2D eigenvalue weighted by molar-refractivity contribution is 7.80. The predicted molar refractivity (Wildman–Crippen MR) is 92.9 cm³/mol. The third-order valence-corrected chi connectivity index (χ3v) is 4.36. The number of nitrogens with zero attached hydrogens (tertiary/aromatic N) is 1. The molecule has 0 radical (unpaired) electrons. The molecule has 3 heteroatoms. The van der Waals surface area contributed by atoms with Crippen molar-refractivity contribution in [2.45, 2.75) is 18.8 Å². The number of nitrogens with two attached hydrogens (primary N) is 1. The normalized spacial score (nSPS) is 15.9. The van der Waals surface area contributed by atoms with E-state index in [2.05, 4.69) is 53.4 Å². The molecule has 1 atom stereocenters. The minimum absolute atomic E-state index is 0.588. The molecule has 0 aliphatic heterocycles. The van der Waals surface area contributed by atoms with Crippen LogP contribution in [0.25, 0.3) is 0 Å². The van der Waals surface area contributed by atoms with Crippen LogP contribution in [0.3, 0.4) is 0 Å². The monoisotopic (exact) mass is 296 g/mol. The SMILES string of the molecule is NC(=S)CCN(CC1Cc2ccccc21)c1ccccc1. The van der Waals surface area contributed by atoms with Gasteiger partial charge < -0.3 is 10.6 Å². The Balaban J connectivity index is 1.73. The van der Waals surface area contributed by atoms with E-state index in [0.29, 0.717) is 10.9 Å². The first kappa shape index (κ1) is 14.1. The second kappa shape index (κ2) is 6.27. The van der Waals surface area contributed by atoms with Crippen molar-refractivity contribution < 1.29 is 0 Å². The molecule has 108 valence electrons. The van der Waals surface area contributed by atoms with Crippen LogP contribution < -0.4 is 10.6 Å². The largest absolute Gasteiger partial charge is 0.393 e. The third kappa shape index (κ3) is 3.24. The summed E-state index contributed by atoms with van der Waals surface area (Å²) in [6.07, 6.45) is 1.94. The summed E-state index contributed by atoms with van der Waals surface area (Å²) in [5.41, 5.74) is 9.91. The fraction of sp³-hybridized carbons (Fsp3) is 0.278. The van der Waals surface area contributed by atoms with Gasteiger partial charge in [0.25, 0.3) is 0 Å². The highest BCUT2D eigenvalue weighted by Crippen LogP contribution is 2.36. The Bertz CT molecular complexity index is 624. The van der Waals surface area contributed by atoms with Gasteiger partial charge in [0.15, 0.2) is 0 Å². The van der Waals surface area contributed by atoms with E-state index in [-0.39, 0.29) is 0 Å². The number of hydrogen-bond acceptors (Lipinski definition) is 2. The third-order valence-electron chi connectivity index (χ3n) is 4.15. The van der Waals surface area contributed by atoms with Gasteiger partial charge in [0, 0.05) is 31.1 Å². The molecule has 0 amide bonds. The lowest BCUT2D eigenvalue weighted by molar-refractivity contribution is 0.584. The van der Waals surface area contributed by atoms with Gasteiger partial charge in [-0.2, -0.15) is 0 Å². The van der Waals surface area contributed by atoms with Crippen molar-refractivity contribution in [1.29, 1.82) is 0 Å². The Morgan fingerprint density at radius 1 is 1.10 bits per heavy atom. The van der Waals surface area contributed by atoms with Gasteiger partial charge in [0.05, 0.1) is 4.99 Å². The molecule has 2 N–H and O–H groups in total. The molecule has 1 aliphatic rings. The quantitative estimate of drug-likeness (QED) is 0.827. The Hall–Kier alpha value is -1.87. The van der Waals surface area contributed by atoms with Gasteiger partial charge in [-0.05, 0) is 29.7 Å². The molecule has 0 heterocycles. The lowest BCUT2D eigenvalue weighted by Crippen LogP contribution is -2.35. The van der Waals surface area contributed by atoms with Gasteiger partial charge in [0.1, 0.15) is 0 Å². The van der Waals surface area contributed by atoms with Gasteiger partial charge in [-0.1, -0.05) is 54.7 Å². The molecule has 2 aromatic rings. The Labute approximate surface area is 131 Å². The molecule has 0 saturated heterocycles. The first-order valence-corrected chi connectivity index (χ1v) is 7.81. The maximum Gasteiger partial charge on any atom is 0.0745 e. The Kier molecular flexibility index (Phi) is 4.20. The molecular formula is C18H20N2S. The first-order chi connectivity index (χ1) is 10.2. The van der Waals surface area contributed by atoms with Gasteiger partial charge in [-0.3, -0.25) is 0 Å². The second-order valence-electron chi connectivity index (χ2n) is 5.60. The first-order valence-electron chi connectivity index (χ1n) is 7.40. The van der Waals surface area contributed by atoms with E-state index in [9.17, 15) is 0 Å². The summed E-state index contributed by atoms with van der Waals surface area (Å²) in [6.45, 7) is 1.92. The summed E-state index contributed by atoms with van der Waals surface area (Å²) >= 11 is 5.03. The number of para-hydroxylation sites is 1. The second-order valence-corrected chi connectivity index (χ2v) is 6.12. The van der Waals surface area contributed by atoms with Crippen molar-refractivity contribution in [2.75, 3.05) is 18.0 Å². The molecule has 1 aliphatic carbocycles. The van der Waals surface area contributed by atoms with E-state index < -0.39 is 0 Å². The number of hydrogen-bond donors (Lipinski definition) is 1. The van der Waals surface area contributed by atoms with Gasteiger partial charge in [-0.25, -0.2) is 0 Å². The Morgan fingerprint density at radius 2 is 1.81 bits per heavy atom. The van der Waals surface area contributed by atoms with Crippen LogP contribution in [0.4, 0.5) is 5.69 Å². The minimum Gasteiger partial charge on any atom is -0.393 e. The molecule has 0 fully saturated rings. The van der Waals surface area contributed by atoms with Crippen LogP contribution in [0.15, 0.2) is 54.6 Å². The summed E-state index contributed by atoms with van der Waals surface area (Å²) in [5, 5.41) is 0.